The van der Waals surface area contributed by atoms with E-state index in [1.54, 1.807) is 0 Å². The van der Waals surface area contributed by atoms with Crippen LogP contribution in [0.15, 0.2) is 35.3 Å². The fraction of sp³-hybridized carbons (Fsp3) is 0.529. The zero-order valence-corrected chi connectivity index (χ0v) is 14.4. The number of piperidine rings is 1. The summed E-state index contributed by atoms with van der Waals surface area (Å²) in [6.45, 7) is 8.59. The van der Waals surface area contributed by atoms with Crippen LogP contribution in [0.4, 0.5) is 0 Å². The Hall–Kier alpha value is -1.42. The summed E-state index contributed by atoms with van der Waals surface area (Å²) in [5.41, 5.74) is 1.60. The molecule has 1 aromatic rings. The SMILES string of the molecule is C[Si](C)(C)C/N=C(/C(=O)N1CCCCC1)c1ccccc1. The average Bonchev–Trinajstić information content (AvgIpc) is 2.48. The minimum absolute atomic E-state index is 0.110. The van der Waals surface area contributed by atoms with Crippen LogP contribution in [-0.4, -0.2) is 43.9 Å². The number of rotatable bonds is 4. The van der Waals surface area contributed by atoms with Gasteiger partial charge in [0.25, 0.3) is 5.91 Å². The Kier molecular flexibility index (Phi) is 5.34. The highest BCUT2D eigenvalue weighted by Gasteiger charge is 2.23. The Balaban J connectivity index is 2.25. The van der Waals surface area contributed by atoms with Crippen molar-refractivity contribution in [3.05, 3.63) is 35.9 Å². The van der Waals surface area contributed by atoms with Crippen LogP contribution in [0.2, 0.25) is 19.6 Å². The molecule has 0 spiro atoms. The van der Waals surface area contributed by atoms with E-state index in [4.69, 9.17) is 4.99 Å². The van der Waals surface area contributed by atoms with E-state index in [-0.39, 0.29) is 5.91 Å². The Labute approximate surface area is 129 Å². The second-order valence-corrected chi connectivity index (χ2v) is 12.4. The zero-order chi connectivity index (χ0) is 15.3. The molecular formula is C17H26N2OSi. The van der Waals surface area contributed by atoms with E-state index in [9.17, 15) is 4.79 Å². The van der Waals surface area contributed by atoms with E-state index >= 15 is 0 Å². The highest BCUT2D eigenvalue weighted by atomic mass is 28.3. The first kappa shape index (κ1) is 16.0. The third-order valence-electron chi connectivity index (χ3n) is 3.60. The summed E-state index contributed by atoms with van der Waals surface area (Å²) >= 11 is 0. The predicted octanol–water partition coefficient (Wildman–Crippen LogP) is 3.37. The van der Waals surface area contributed by atoms with Crippen LogP contribution in [0.25, 0.3) is 0 Å². The maximum absolute atomic E-state index is 12.8. The molecule has 0 radical (unpaired) electrons. The third-order valence-corrected chi connectivity index (χ3v) is 4.71. The van der Waals surface area contributed by atoms with E-state index in [1.807, 2.05) is 35.2 Å². The van der Waals surface area contributed by atoms with Crippen molar-refractivity contribution in [2.24, 2.45) is 4.99 Å². The Morgan fingerprint density at radius 3 is 2.29 bits per heavy atom. The van der Waals surface area contributed by atoms with Gasteiger partial charge < -0.3 is 4.90 Å². The topological polar surface area (TPSA) is 32.7 Å². The number of amides is 1. The number of likely N-dealkylation sites (tertiary alicyclic amines) is 1. The monoisotopic (exact) mass is 302 g/mol. The van der Waals surface area contributed by atoms with Gasteiger partial charge in [0.1, 0.15) is 5.71 Å². The molecule has 1 aliphatic heterocycles. The zero-order valence-electron chi connectivity index (χ0n) is 13.4. The van der Waals surface area contributed by atoms with Gasteiger partial charge in [0, 0.05) is 24.8 Å². The Morgan fingerprint density at radius 1 is 1.10 bits per heavy atom. The van der Waals surface area contributed by atoms with Gasteiger partial charge >= 0.3 is 0 Å². The normalized spacial score (nSPS) is 16.9. The smallest absolute Gasteiger partial charge is 0.272 e. The lowest BCUT2D eigenvalue weighted by Crippen LogP contribution is -2.41. The number of aliphatic imine (C=N–C) groups is 1. The first-order valence-electron chi connectivity index (χ1n) is 7.86. The van der Waals surface area contributed by atoms with Gasteiger partial charge in [-0.2, -0.15) is 0 Å². The lowest BCUT2D eigenvalue weighted by Gasteiger charge is -2.27. The molecule has 0 aliphatic carbocycles. The maximum Gasteiger partial charge on any atom is 0.272 e. The van der Waals surface area contributed by atoms with Crippen molar-refractivity contribution in [3.8, 4) is 0 Å². The minimum Gasteiger partial charge on any atom is -0.337 e. The first-order valence-corrected chi connectivity index (χ1v) is 11.6. The molecule has 0 aromatic heterocycles. The number of carbonyl (C=O) groups is 1. The molecule has 1 amide bonds. The van der Waals surface area contributed by atoms with Crippen LogP contribution in [0, 0.1) is 0 Å². The second kappa shape index (κ2) is 7.03. The number of benzene rings is 1. The molecule has 1 aromatic carbocycles. The van der Waals surface area contributed by atoms with Gasteiger partial charge in [0.15, 0.2) is 0 Å². The van der Waals surface area contributed by atoms with Crippen molar-refractivity contribution in [1.29, 1.82) is 0 Å². The fourth-order valence-corrected chi connectivity index (χ4v) is 3.07. The van der Waals surface area contributed by atoms with Gasteiger partial charge in [-0.1, -0.05) is 50.0 Å². The van der Waals surface area contributed by atoms with Crippen LogP contribution in [0.5, 0.6) is 0 Å². The number of carbonyl (C=O) groups excluding carboxylic acids is 1. The quantitative estimate of drug-likeness (QED) is 0.620. The largest absolute Gasteiger partial charge is 0.337 e. The molecule has 0 saturated carbocycles. The average molecular weight is 302 g/mol. The summed E-state index contributed by atoms with van der Waals surface area (Å²) in [6, 6.07) is 9.91. The molecular weight excluding hydrogens is 276 g/mol. The minimum atomic E-state index is -1.31. The van der Waals surface area contributed by atoms with Crippen molar-refractivity contribution in [1.82, 2.24) is 4.90 Å². The summed E-state index contributed by atoms with van der Waals surface area (Å²) in [5, 5.41) is 0. The van der Waals surface area contributed by atoms with Crippen LogP contribution in [0.3, 0.4) is 0 Å². The molecule has 1 heterocycles. The van der Waals surface area contributed by atoms with Gasteiger partial charge in [0.2, 0.25) is 0 Å². The van der Waals surface area contributed by atoms with Crippen molar-refractivity contribution >= 4 is 19.7 Å². The van der Waals surface area contributed by atoms with Gasteiger partial charge in [-0.15, -0.1) is 0 Å². The molecule has 0 bridgehead atoms. The first-order chi connectivity index (χ1) is 9.97. The highest BCUT2D eigenvalue weighted by Crippen LogP contribution is 2.13. The molecule has 1 saturated heterocycles. The van der Waals surface area contributed by atoms with E-state index in [2.05, 4.69) is 19.6 Å². The standard InChI is InChI=1S/C17H26N2OSi/c1-21(2,3)14-18-16(15-10-6-4-7-11-15)17(20)19-12-8-5-9-13-19/h4,6-7,10-11H,5,8-9,12-14H2,1-3H3/b18-16+. The third kappa shape index (κ3) is 4.81. The van der Waals surface area contributed by atoms with Gasteiger partial charge in [-0.3, -0.25) is 9.79 Å². The van der Waals surface area contributed by atoms with E-state index < -0.39 is 8.07 Å². The van der Waals surface area contributed by atoms with Crippen molar-refractivity contribution < 1.29 is 4.79 Å². The Bertz CT molecular complexity index is 499. The summed E-state index contributed by atoms with van der Waals surface area (Å²) in [7, 11) is -1.31. The summed E-state index contributed by atoms with van der Waals surface area (Å²) in [4.78, 5) is 19.5. The van der Waals surface area contributed by atoms with Crippen LogP contribution < -0.4 is 0 Å². The van der Waals surface area contributed by atoms with E-state index in [0.29, 0.717) is 5.71 Å². The molecule has 2 rings (SSSR count). The highest BCUT2D eigenvalue weighted by molar-refractivity contribution is 6.76. The number of nitrogens with zero attached hydrogens (tertiary/aromatic N) is 2. The van der Waals surface area contributed by atoms with Crippen molar-refractivity contribution in [2.45, 2.75) is 38.9 Å². The molecule has 3 nitrogen and oxygen atoms in total. The summed E-state index contributed by atoms with van der Waals surface area (Å²) < 4.78 is 0. The molecule has 0 unspecified atom stereocenters. The summed E-state index contributed by atoms with van der Waals surface area (Å²) in [5.74, 6) is 0.110. The fourth-order valence-electron chi connectivity index (χ4n) is 2.44. The second-order valence-electron chi connectivity index (χ2n) is 6.94. The van der Waals surface area contributed by atoms with Crippen LogP contribution in [-0.2, 0) is 4.79 Å². The molecule has 4 heteroatoms. The van der Waals surface area contributed by atoms with Crippen molar-refractivity contribution in [3.63, 3.8) is 0 Å². The molecule has 114 valence electrons. The van der Waals surface area contributed by atoms with Gasteiger partial charge in [-0.25, -0.2) is 0 Å². The number of hydrogen-bond acceptors (Lipinski definition) is 2. The maximum atomic E-state index is 12.8. The van der Waals surface area contributed by atoms with Gasteiger partial charge in [-0.05, 0) is 19.3 Å². The molecule has 0 atom stereocenters. The van der Waals surface area contributed by atoms with Gasteiger partial charge in [0.05, 0.1) is 8.07 Å². The molecule has 1 aliphatic rings. The molecule has 0 N–H and O–H groups in total. The van der Waals surface area contributed by atoms with Crippen LogP contribution in [0.1, 0.15) is 24.8 Å². The number of hydrogen-bond donors (Lipinski definition) is 0. The Morgan fingerprint density at radius 2 is 1.71 bits per heavy atom. The molecule has 1 fully saturated rings. The summed E-state index contributed by atoms with van der Waals surface area (Å²) in [6.07, 6.45) is 4.26. The lowest BCUT2D eigenvalue weighted by molar-refractivity contribution is -0.124. The lowest BCUT2D eigenvalue weighted by atomic mass is 10.1. The van der Waals surface area contributed by atoms with E-state index in [0.717, 1.165) is 37.7 Å². The van der Waals surface area contributed by atoms with E-state index in [1.165, 1.54) is 6.42 Å². The molecule has 21 heavy (non-hydrogen) atoms. The van der Waals surface area contributed by atoms with Crippen molar-refractivity contribution in [2.75, 3.05) is 19.3 Å². The van der Waals surface area contributed by atoms with Crippen LogP contribution >= 0.6 is 0 Å². The predicted molar refractivity (Wildman–Crippen MR) is 91.6 cm³/mol.